The summed E-state index contributed by atoms with van der Waals surface area (Å²) < 4.78 is 2.17. The summed E-state index contributed by atoms with van der Waals surface area (Å²) in [6.45, 7) is 5.91. The maximum absolute atomic E-state index is 11.1. The molecule has 2 aromatic heterocycles. The van der Waals surface area contributed by atoms with Crippen LogP contribution in [0.15, 0.2) is 60.8 Å². The molecule has 7 heteroatoms. The van der Waals surface area contributed by atoms with E-state index in [1.165, 1.54) is 21.3 Å². The summed E-state index contributed by atoms with van der Waals surface area (Å²) in [6.07, 6.45) is 4.58. The van der Waals surface area contributed by atoms with Gasteiger partial charge in [0, 0.05) is 71.9 Å². The molecule has 32 heavy (non-hydrogen) atoms. The van der Waals surface area contributed by atoms with E-state index in [4.69, 9.17) is 4.98 Å². The van der Waals surface area contributed by atoms with E-state index in [1.807, 2.05) is 6.07 Å². The molecule has 4 aromatic rings. The molecule has 4 nitrogen and oxygen atoms in total. The summed E-state index contributed by atoms with van der Waals surface area (Å²) in [5.74, 6) is 0.542. The zero-order chi connectivity index (χ0) is 22.5. The van der Waals surface area contributed by atoms with Crippen molar-refractivity contribution in [2.24, 2.45) is 5.92 Å². The number of hydrogen-bond donors (Lipinski definition) is 0. The van der Waals surface area contributed by atoms with Gasteiger partial charge in [-0.3, -0.25) is 3.97 Å². The Balaban J connectivity index is 1.73. The molecule has 0 bridgehead atoms. The highest BCUT2D eigenvalue weighted by atomic mass is 127. The molecule has 0 spiro atoms. The van der Waals surface area contributed by atoms with Crippen LogP contribution in [-0.4, -0.2) is 21.8 Å². The molecule has 0 unspecified atom stereocenters. The van der Waals surface area contributed by atoms with Crippen molar-refractivity contribution in [2.75, 3.05) is 11.4 Å². The topological polar surface area (TPSA) is 38.1 Å². The predicted molar refractivity (Wildman–Crippen MR) is 147 cm³/mol. The molecule has 0 fully saturated rings. The van der Waals surface area contributed by atoms with E-state index in [1.54, 1.807) is 20.5 Å². The van der Waals surface area contributed by atoms with Gasteiger partial charge >= 0.3 is 0 Å². The molecule has 0 saturated carbocycles. The average Bonchev–Trinajstić information content (AvgIpc) is 3.40. The first-order valence-electron chi connectivity index (χ1n) is 10.7. The third kappa shape index (κ3) is 5.38. The van der Waals surface area contributed by atoms with Gasteiger partial charge in [0.2, 0.25) is 0 Å². The van der Waals surface area contributed by atoms with Crippen LogP contribution in [0.5, 0.6) is 0 Å². The van der Waals surface area contributed by atoms with Crippen LogP contribution in [0.1, 0.15) is 30.7 Å². The summed E-state index contributed by atoms with van der Waals surface area (Å²) in [7, 11) is 1.67. The van der Waals surface area contributed by atoms with Crippen molar-refractivity contribution in [2.45, 2.75) is 33.2 Å². The van der Waals surface area contributed by atoms with E-state index in [9.17, 15) is 4.79 Å². The van der Waals surface area contributed by atoms with Crippen LogP contribution in [-0.2, 0) is 17.8 Å². The number of thiazole rings is 1. The van der Waals surface area contributed by atoms with Crippen LogP contribution in [0.4, 0.5) is 5.13 Å². The monoisotopic (exact) mass is 575 g/mol. The summed E-state index contributed by atoms with van der Waals surface area (Å²) in [5.41, 5.74) is 4.66. The molecule has 0 saturated heterocycles. The lowest BCUT2D eigenvalue weighted by Crippen LogP contribution is -2.24. The molecule has 0 amide bonds. The highest BCUT2D eigenvalue weighted by molar-refractivity contribution is 14.2. The van der Waals surface area contributed by atoms with E-state index >= 15 is 0 Å². The molecule has 0 N–H and O–H groups in total. The van der Waals surface area contributed by atoms with Crippen molar-refractivity contribution in [3.63, 3.8) is 0 Å². The molecule has 166 valence electrons. The molecule has 2 aromatic carbocycles. The van der Waals surface area contributed by atoms with Crippen molar-refractivity contribution in [1.82, 2.24) is 8.96 Å². The number of carbonyl (C=O) groups excluding carboxylic acids is 1. The van der Waals surface area contributed by atoms with Crippen molar-refractivity contribution < 1.29 is 4.79 Å². The summed E-state index contributed by atoms with van der Waals surface area (Å²) in [4.78, 5) is 19.8. The van der Waals surface area contributed by atoms with Gasteiger partial charge in [-0.05, 0) is 36.1 Å². The highest BCUT2D eigenvalue weighted by Gasteiger charge is 2.19. The lowest BCUT2D eigenvalue weighted by atomic mass is 10.0. The Kier molecular flexibility index (Phi) is 7.91. The minimum atomic E-state index is 0.495. The number of nitrogens with zero attached hydrogens (tertiary/aromatic N) is 3. The second-order valence-electron chi connectivity index (χ2n) is 8.21. The lowest BCUT2D eigenvalue weighted by Gasteiger charge is -2.21. The first-order chi connectivity index (χ1) is 15.6. The largest absolute Gasteiger partial charge is 0.343 e. The predicted octanol–water partition coefficient (Wildman–Crippen LogP) is 7.41. The average molecular weight is 576 g/mol. The summed E-state index contributed by atoms with van der Waals surface area (Å²) in [5, 5.41) is 2.21. The van der Waals surface area contributed by atoms with Crippen molar-refractivity contribution in [3.05, 3.63) is 71.2 Å². The minimum absolute atomic E-state index is 0.495. The van der Waals surface area contributed by atoms with Crippen LogP contribution in [0, 0.1) is 5.92 Å². The second-order valence-corrected chi connectivity index (χ2v) is 11.0. The molecule has 0 atom stereocenters. The van der Waals surface area contributed by atoms with Crippen LogP contribution in [0.25, 0.3) is 22.2 Å². The van der Waals surface area contributed by atoms with Gasteiger partial charge in [0.25, 0.3) is 0 Å². The first-order valence-corrected chi connectivity index (χ1v) is 14.8. The Hall–Kier alpha value is -1.84. The normalized spacial score (nSPS) is 11.4. The fourth-order valence-electron chi connectivity index (χ4n) is 3.79. The SMILES string of the molecule is CC(C)Cc1sc(N(CCC=O)Cc2ccccc2)nc1-c1ccc2c(ccn2SI)c1. The number of fused-ring (bicyclic) bond motifs is 1. The molecule has 4 rings (SSSR count). The Morgan fingerprint density at radius 2 is 2.00 bits per heavy atom. The van der Waals surface area contributed by atoms with E-state index < -0.39 is 0 Å². The smallest absolute Gasteiger partial charge is 0.186 e. The van der Waals surface area contributed by atoms with Gasteiger partial charge in [-0.15, -0.1) is 11.3 Å². The molecule has 0 aliphatic rings. The number of halogens is 1. The van der Waals surface area contributed by atoms with Gasteiger partial charge in [0.15, 0.2) is 5.13 Å². The maximum Gasteiger partial charge on any atom is 0.186 e. The van der Waals surface area contributed by atoms with Gasteiger partial charge in [0.05, 0.1) is 11.2 Å². The number of rotatable bonds is 10. The van der Waals surface area contributed by atoms with Crippen molar-refractivity contribution >= 4 is 64.0 Å². The third-order valence-electron chi connectivity index (χ3n) is 5.29. The standard InChI is InChI=1S/C25H26IN3OS2/c1-18(2)15-23-24(21-9-10-22-20(16-21)11-13-29(22)32-26)27-25(31-23)28(12-6-14-30)17-19-7-4-3-5-8-19/h3-5,7-11,13-14,16,18H,6,12,15,17H2,1-2H3. The number of aldehydes is 1. The molecule has 2 heterocycles. The Morgan fingerprint density at radius 1 is 1.19 bits per heavy atom. The zero-order valence-electron chi connectivity index (χ0n) is 18.2. The summed E-state index contributed by atoms with van der Waals surface area (Å²) >= 11 is 4.07. The molecule has 0 aliphatic carbocycles. The second kappa shape index (κ2) is 10.9. The van der Waals surface area contributed by atoms with E-state index in [0.717, 1.165) is 35.6 Å². The van der Waals surface area contributed by atoms with Crippen LogP contribution >= 0.6 is 41.7 Å². The number of carbonyl (C=O) groups is 1. The van der Waals surface area contributed by atoms with E-state index in [-0.39, 0.29) is 0 Å². The quantitative estimate of drug-likeness (QED) is 0.146. The van der Waals surface area contributed by atoms with Crippen LogP contribution < -0.4 is 4.90 Å². The number of hydrogen-bond acceptors (Lipinski definition) is 5. The molecular formula is C25H26IN3OS2. The molecular weight excluding hydrogens is 549 g/mol. The van der Waals surface area contributed by atoms with Crippen molar-refractivity contribution in [3.8, 4) is 11.3 Å². The van der Waals surface area contributed by atoms with Gasteiger partial charge in [-0.2, -0.15) is 0 Å². The third-order valence-corrected chi connectivity index (χ3v) is 8.16. The minimum Gasteiger partial charge on any atom is -0.343 e. The van der Waals surface area contributed by atoms with Gasteiger partial charge in [-0.25, -0.2) is 4.98 Å². The number of benzene rings is 2. The van der Waals surface area contributed by atoms with Crippen LogP contribution in [0.3, 0.4) is 0 Å². The molecule has 0 radical (unpaired) electrons. The van der Waals surface area contributed by atoms with Crippen molar-refractivity contribution in [1.29, 1.82) is 0 Å². The Bertz CT molecular complexity index is 1190. The lowest BCUT2D eigenvalue weighted by molar-refractivity contribution is -0.107. The van der Waals surface area contributed by atoms with Gasteiger partial charge in [-0.1, -0.05) is 50.2 Å². The van der Waals surface area contributed by atoms with E-state index in [0.29, 0.717) is 18.9 Å². The summed E-state index contributed by atoms with van der Waals surface area (Å²) in [6, 6.07) is 19.2. The Labute approximate surface area is 209 Å². The zero-order valence-corrected chi connectivity index (χ0v) is 22.0. The van der Waals surface area contributed by atoms with Crippen LogP contribution in [0.2, 0.25) is 0 Å². The molecule has 0 aliphatic heterocycles. The van der Waals surface area contributed by atoms with Gasteiger partial charge < -0.3 is 9.69 Å². The maximum atomic E-state index is 11.1. The van der Waals surface area contributed by atoms with E-state index in [2.05, 4.69) is 98.7 Å². The van der Waals surface area contributed by atoms with Gasteiger partial charge in [0.1, 0.15) is 6.29 Å². The Morgan fingerprint density at radius 3 is 2.72 bits per heavy atom. The fraction of sp³-hybridized carbons (Fsp3) is 0.280. The fourth-order valence-corrected chi connectivity index (χ4v) is 6.49. The highest BCUT2D eigenvalue weighted by Crippen LogP contribution is 2.37. The number of anilines is 1. The first kappa shape index (κ1) is 23.3. The number of aromatic nitrogens is 2.